The van der Waals surface area contributed by atoms with Gasteiger partial charge in [-0.15, -0.1) is 0 Å². The standard InChI is InChI=1S/C37H44N2O6/c1-24-11-14-27(15-12-24)39-33(40)18-16-30(34(39)26-13-17-31(43-5)32(23-26)44-6)35(41)38-21-19-25(20-22-38)28-9-7-8-10-29(28)36(42)45-37(2,3)4/h7-15,17,23,25,30,34H,16,18-22H2,1-6H3. The average molecular weight is 613 g/mol. The fraction of sp³-hybridized carbons (Fsp3) is 0.432. The van der Waals surface area contributed by atoms with Crippen molar-refractivity contribution in [2.75, 3.05) is 32.2 Å². The van der Waals surface area contributed by atoms with Gasteiger partial charge in [-0.2, -0.15) is 0 Å². The van der Waals surface area contributed by atoms with Gasteiger partial charge >= 0.3 is 5.97 Å². The lowest BCUT2D eigenvalue weighted by molar-refractivity contribution is -0.139. The summed E-state index contributed by atoms with van der Waals surface area (Å²) in [5, 5.41) is 0. The number of esters is 1. The summed E-state index contributed by atoms with van der Waals surface area (Å²) in [5.41, 5.74) is 3.65. The van der Waals surface area contributed by atoms with Gasteiger partial charge < -0.3 is 24.0 Å². The topological polar surface area (TPSA) is 85.4 Å². The number of hydrogen-bond acceptors (Lipinski definition) is 6. The van der Waals surface area contributed by atoms with Crippen LogP contribution in [-0.2, 0) is 14.3 Å². The molecule has 2 atom stereocenters. The third-order valence-corrected chi connectivity index (χ3v) is 8.80. The van der Waals surface area contributed by atoms with Crippen molar-refractivity contribution >= 4 is 23.5 Å². The molecule has 0 spiro atoms. The molecule has 0 saturated carbocycles. The van der Waals surface area contributed by atoms with Crippen LogP contribution in [0.3, 0.4) is 0 Å². The minimum absolute atomic E-state index is 0.0138. The third-order valence-electron chi connectivity index (χ3n) is 8.80. The second-order valence-corrected chi connectivity index (χ2v) is 13.0. The van der Waals surface area contributed by atoms with E-state index in [1.54, 1.807) is 19.1 Å². The second-order valence-electron chi connectivity index (χ2n) is 13.0. The number of nitrogens with zero attached hydrogens (tertiary/aromatic N) is 2. The first-order valence-corrected chi connectivity index (χ1v) is 15.7. The number of carbonyl (C=O) groups excluding carboxylic acids is 3. The summed E-state index contributed by atoms with van der Waals surface area (Å²) in [5.74, 6) is 0.536. The van der Waals surface area contributed by atoms with Crippen LogP contribution < -0.4 is 14.4 Å². The normalized spacial score (nSPS) is 19.3. The van der Waals surface area contributed by atoms with Crippen LogP contribution in [0.2, 0.25) is 0 Å². The maximum atomic E-state index is 14.4. The van der Waals surface area contributed by atoms with E-state index < -0.39 is 17.6 Å². The number of carbonyl (C=O) groups is 3. The molecule has 8 nitrogen and oxygen atoms in total. The number of aryl methyl sites for hydroxylation is 1. The van der Waals surface area contributed by atoms with Crippen LogP contribution in [0.15, 0.2) is 66.7 Å². The molecule has 2 aliphatic rings. The lowest BCUT2D eigenvalue weighted by Crippen LogP contribution is -2.50. The first-order chi connectivity index (χ1) is 21.5. The Morgan fingerprint density at radius 2 is 1.51 bits per heavy atom. The fourth-order valence-electron chi connectivity index (χ4n) is 6.60. The van der Waals surface area contributed by atoms with Crippen molar-refractivity contribution in [2.45, 2.75) is 70.9 Å². The van der Waals surface area contributed by atoms with E-state index in [2.05, 4.69) is 0 Å². The molecule has 2 aliphatic heterocycles. The van der Waals surface area contributed by atoms with Gasteiger partial charge in [0, 0.05) is 25.2 Å². The molecule has 0 aromatic heterocycles. The average Bonchev–Trinajstić information content (AvgIpc) is 3.03. The Bertz CT molecular complexity index is 1540. The van der Waals surface area contributed by atoms with E-state index in [9.17, 15) is 14.4 Å². The summed E-state index contributed by atoms with van der Waals surface area (Å²) >= 11 is 0. The van der Waals surface area contributed by atoms with Crippen LogP contribution in [0, 0.1) is 12.8 Å². The molecule has 2 unspecified atom stereocenters. The van der Waals surface area contributed by atoms with Gasteiger partial charge in [0.15, 0.2) is 11.5 Å². The zero-order valence-electron chi connectivity index (χ0n) is 27.2. The minimum atomic E-state index is -0.585. The van der Waals surface area contributed by atoms with Gasteiger partial charge in [-0.3, -0.25) is 9.59 Å². The predicted octanol–water partition coefficient (Wildman–Crippen LogP) is 6.86. The highest BCUT2D eigenvalue weighted by Gasteiger charge is 2.44. The first kappa shape index (κ1) is 32.1. The third kappa shape index (κ3) is 7.00. The molecular weight excluding hydrogens is 568 g/mol. The molecule has 5 rings (SSSR count). The number of piperidine rings is 2. The molecule has 0 aliphatic carbocycles. The van der Waals surface area contributed by atoms with Crippen molar-refractivity contribution in [1.82, 2.24) is 4.90 Å². The van der Waals surface area contributed by atoms with Gasteiger partial charge in [0.05, 0.1) is 31.7 Å². The van der Waals surface area contributed by atoms with E-state index >= 15 is 0 Å². The van der Waals surface area contributed by atoms with Crippen molar-refractivity contribution in [3.05, 3.63) is 89.0 Å². The minimum Gasteiger partial charge on any atom is -0.493 e. The Hall–Kier alpha value is -4.33. The maximum Gasteiger partial charge on any atom is 0.338 e. The summed E-state index contributed by atoms with van der Waals surface area (Å²) in [6.07, 6.45) is 2.22. The molecule has 2 heterocycles. The predicted molar refractivity (Wildman–Crippen MR) is 174 cm³/mol. The smallest absolute Gasteiger partial charge is 0.338 e. The Morgan fingerprint density at radius 3 is 2.16 bits per heavy atom. The molecule has 238 valence electrons. The SMILES string of the molecule is COc1ccc(C2C(C(=O)N3CCC(c4ccccc4C(=O)OC(C)(C)C)CC3)CCC(=O)N2c2ccc(C)cc2)cc1OC. The Labute approximate surface area is 266 Å². The summed E-state index contributed by atoms with van der Waals surface area (Å²) in [6.45, 7) is 8.75. The van der Waals surface area contributed by atoms with E-state index in [1.807, 2.05) is 99.3 Å². The van der Waals surface area contributed by atoms with Gasteiger partial charge in [-0.05, 0) is 94.3 Å². The number of anilines is 1. The van der Waals surface area contributed by atoms with Gasteiger partial charge in [-0.1, -0.05) is 42.0 Å². The van der Waals surface area contributed by atoms with Crippen LogP contribution in [0.4, 0.5) is 5.69 Å². The molecule has 3 aromatic carbocycles. The number of rotatable bonds is 7. The van der Waals surface area contributed by atoms with E-state index in [1.165, 1.54) is 0 Å². The van der Waals surface area contributed by atoms with Crippen molar-refractivity contribution < 1.29 is 28.6 Å². The lowest BCUT2D eigenvalue weighted by Gasteiger charge is -2.43. The first-order valence-electron chi connectivity index (χ1n) is 15.7. The van der Waals surface area contributed by atoms with Gasteiger partial charge in [0.2, 0.25) is 11.8 Å². The van der Waals surface area contributed by atoms with E-state index in [4.69, 9.17) is 14.2 Å². The van der Waals surface area contributed by atoms with E-state index in [0.717, 1.165) is 35.2 Å². The molecule has 0 bridgehead atoms. The highest BCUT2D eigenvalue weighted by Crippen LogP contribution is 2.44. The fourth-order valence-corrected chi connectivity index (χ4v) is 6.60. The highest BCUT2D eigenvalue weighted by molar-refractivity contribution is 5.97. The Morgan fingerprint density at radius 1 is 0.844 bits per heavy atom. The maximum absolute atomic E-state index is 14.4. The second kappa shape index (κ2) is 13.3. The summed E-state index contributed by atoms with van der Waals surface area (Å²) in [6, 6.07) is 20.6. The van der Waals surface area contributed by atoms with Gasteiger partial charge in [-0.25, -0.2) is 4.79 Å². The van der Waals surface area contributed by atoms with Crippen LogP contribution >= 0.6 is 0 Å². The van der Waals surface area contributed by atoms with Crippen LogP contribution in [-0.4, -0.2) is 55.6 Å². The Kier molecular flexibility index (Phi) is 9.51. The zero-order chi connectivity index (χ0) is 32.3. The molecule has 2 amide bonds. The molecule has 2 saturated heterocycles. The molecule has 0 N–H and O–H groups in total. The molecule has 45 heavy (non-hydrogen) atoms. The lowest BCUT2D eigenvalue weighted by atomic mass is 9.81. The van der Waals surface area contributed by atoms with Gasteiger partial charge in [0.1, 0.15) is 5.60 Å². The number of hydrogen-bond donors (Lipinski definition) is 0. The largest absolute Gasteiger partial charge is 0.493 e. The summed E-state index contributed by atoms with van der Waals surface area (Å²) in [4.78, 5) is 44.7. The summed E-state index contributed by atoms with van der Waals surface area (Å²) < 4.78 is 16.8. The Balaban J connectivity index is 1.41. The number of likely N-dealkylation sites (tertiary alicyclic amines) is 1. The van der Waals surface area contributed by atoms with Crippen molar-refractivity contribution in [3.63, 3.8) is 0 Å². The van der Waals surface area contributed by atoms with Crippen molar-refractivity contribution in [1.29, 1.82) is 0 Å². The highest BCUT2D eigenvalue weighted by atomic mass is 16.6. The zero-order valence-corrected chi connectivity index (χ0v) is 27.2. The van der Waals surface area contributed by atoms with Crippen molar-refractivity contribution in [3.8, 4) is 11.5 Å². The quantitative estimate of drug-likeness (QED) is 0.271. The number of methoxy groups -OCH3 is 2. The monoisotopic (exact) mass is 612 g/mol. The summed E-state index contributed by atoms with van der Waals surface area (Å²) in [7, 11) is 3.17. The number of ether oxygens (including phenoxy) is 3. The van der Waals surface area contributed by atoms with Crippen LogP contribution in [0.25, 0.3) is 0 Å². The molecule has 8 heteroatoms. The van der Waals surface area contributed by atoms with E-state index in [-0.39, 0.29) is 30.1 Å². The number of benzene rings is 3. The van der Waals surface area contributed by atoms with E-state index in [0.29, 0.717) is 36.6 Å². The number of amides is 2. The van der Waals surface area contributed by atoms with Crippen LogP contribution in [0.1, 0.15) is 85.5 Å². The molecular formula is C37H44N2O6. The molecule has 3 aromatic rings. The van der Waals surface area contributed by atoms with Gasteiger partial charge in [0.25, 0.3) is 0 Å². The molecule has 0 radical (unpaired) electrons. The van der Waals surface area contributed by atoms with Crippen LogP contribution in [0.5, 0.6) is 11.5 Å². The molecule has 2 fully saturated rings. The van der Waals surface area contributed by atoms with Crippen molar-refractivity contribution in [2.24, 2.45) is 5.92 Å².